The first-order valence-corrected chi connectivity index (χ1v) is 8.70. The van der Waals surface area contributed by atoms with Gasteiger partial charge in [-0.05, 0) is 51.0 Å². The Kier molecular flexibility index (Phi) is 4.34. The molecule has 1 saturated heterocycles. The number of hydrogen-bond donors (Lipinski definition) is 1. The van der Waals surface area contributed by atoms with E-state index in [1.165, 1.54) is 44.9 Å². The van der Waals surface area contributed by atoms with Gasteiger partial charge in [-0.1, -0.05) is 26.2 Å². The van der Waals surface area contributed by atoms with Gasteiger partial charge in [0.2, 0.25) is 5.91 Å². The number of rotatable bonds is 5. The molecule has 3 fully saturated rings. The lowest BCUT2D eigenvalue weighted by Crippen LogP contribution is -2.48. The molecular formula is C17H30N2O. The fourth-order valence-electron chi connectivity index (χ4n) is 3.96. The van der Waals surface area contributed by atoms with Crippen molar-refractivity contribution >= 4 is 5.91 Å². The zero-order chi connectivity index (χ0) is 14.0. The third-order valence-electron chi connectivity index (χ3n) is 5.54. The summed E-state index contributed by atoms with van der Waals surface area (Å²) < 4.78 is 0. The van der Waals surface area contributed by atoms with E-state index in [9.17, 15) is 4.79 Å². The predicted molar refractivity (Wildman–Crippen MR) is 81.5 cm³/mol. The summed E-state index contributed by atoms with van der Waals surface area (Å²) in [6, 6.07) is 0.546. The van der Waals surface area contributed by atoms with Crippen LogP contribution in [-0.2, 0) is 4.79 Å². The van der Waals surface area contributed by atoms with E-state index in [4.69, 9.17) is 0 Å². The second-order valence-corrected chi connectivity index (χ2v) is 7.57. The fourth-order valence-corrected chi connectivity index (χ4v) is 3.96. The molecule has 2 saturated carbocycles. The highest BCUT2D eigenvalue weighted by atomic mass is 16.2. The van der Waals surface area contributed by atoms with Crippen LogP contribution in [0.2, 0.25) is 0 Å². The number of nitrogens with zero attached hydrogens (tertiary/aromatic N) is 1. The first kappa shape index (κ1) is 14.4. The summed E-state index contributed by atoms with van der Waals surface area (Å²) in [6.45, 7) is 5.32. The molecule has 0 bridgehead atoms. The van der Waals surface area contributed by atoms with Gasteiger partial charge in [-0.25, -0.2) is 0 Å². The normalized spacial score (nSPS) is 29.4. The molecule has 0 radical (unpaired) electrons. The van der Waals surface area contributed by atoms with Gasteiger partial charge in [-0.3, -0.25) is 4.79 Å². The van der Waals surface area contributed by atoms with Crippen LogP contribution >= 0.6 is 0 Å². The minimum absolute atomic E-state index is 0.0637. The quantitative estimate of drug-likeness (QED) is 0.838. The van der Waals surface area contributed by atoms with Gasteiger partial charge in [0.1, 0.15) is 0 Å². The Balaban J connectivity index is 1.64. The van der Waals surface area contributed by atoms with Crippen LogP contribution in [-0.4, -0.2) is 36.5 Å². The maximum atomic E-state index is 13.1. The molecule has 114 valence electrons. The lowest BCUT2D eigenvalue weighted by molar-refractivity contribution is -0.143. The highest BCUT2D eigenvalue weighted by molar-refractivity contribution is 5.82. The minimum atomic E-state index is -0.0637. The van der Waals surface area contributed by atoms with E-state index in [0.29, 0.717) is 11.9 Å². The zero-order valence-electron chi connectivity index (χ0n) is 13.0. The van der Waals surface area contributed by atoms with Gasteiger partial charge in [0, 0.05) is 24.5 Å². The molecule has 1 N–H and O–H groups in total. The molecule has 3 rings (SSSR count). The first-order valence-electron chi connectivity index (χ1n) is 8.70. The van der Waals surface area contributed by atoms with E-state index < -0.39 is 0 Å². The maximum Gasteiger partial charge on any atom is 0.228 e. The van der Waals surface area contributed by atoms with Crippen LogP contribution in [0.1, 0.15) is 64.7 Å². The summed E-state index contributed by atoms with van der Waals surface area (Å²) in [5.74, 6) is 1.25. The van der Waals surface area contributed by atoms with Gasteiger partial charge in [0.25, 0.3) is 0 Å². The molecule has 0 aromatic heterocycles. The summed E-state index contributed by atoms with van der Waals surface area (Å²) in [5, 5.41) is 3.56. The van der Waals surface area contributed by atoms with Crippen LogP contribution in [0.3, 0.4) is 0 Å². The molecule has 3 heteroatoms. The predicted octanol–water partition coefficient (Wildman–Crippen LogP) is 2.95. The topological polar surface area (TPSA) is 32.3 Å². The fraction of sp³-hybridized carbons (Fsp3) is 0.941. The monoisotopic (exact) mass is 278 g/mol. The summed E-state index contributed by atoms with van der Waals surface area (Å²) in [7, 11) is 0. The summed E-state index contributed by atoms with van der Waals surface area (Å²) >= 11 is 0. The molecule has 0 aromatic rings. The van der Waals surface area contributed by atoms with Gasteiger partial charge in [-0.2, -0.15) is 0 Å². The molecule has 20 heavy (non-hydrogen) atoms. The average molecular weight is 278 g/mol. The number of hydrogen-bond acceptors (Lipinski definition) is 2. The van der Waals surface area contributed by atoms with Crippen LogP contribution in [0.4, 0.5) is 0 Å². The van der Waals surface area contributed by atoms with E-state index in [-0.39, 0.29) is 5.41 Å². The maximum absolute atomic E-state index is 13.1. The van der Waals surface area contributed by atoms with Crippen LogP contribution in [0.25, 0.3) is 0 Å². The standard InChI is InChI=1S/C17H30N2O/c1-17(9-3-2-4-10-17)16(20)19(12-14-7-8-14)13-15-6-5-11-18-15/h14-15,18H,2-13H2,1H3. The lowest BCUT2D eigenvalue weighted by Gasteiger charge is -2.38. The van der Waals surface area contributed by atoms with Crippen LogP contribution < -0.4 is 5.32 Å². The van der Waals surface area contributed by atoms with E-state index in [1.807, 2.05) is 0 Å². The minimum Gasteiger partial charge on any atom is -0.340 e. The van der Waals surface area contributed by atoms with E-state index in [2.05, 4.69) is 17.1 Å². The van der Waals surface area contributed by atoms with Crippen molar-refractivity contribution in [3.05, 3.63) is 0 Å². The number of carbonyl (C=O) groups is 1. The Morgan fingerprint density at radius 1 is 1.10 bits per heavy atom. The second kappa shape index (κ2) is 6.05. The summed E-state index contributed by atoms with van der Waals surface area (Å²) in [5.41, 5.74) is -0.0637. The van der Waals surface area contributed by atoms with Crippen molar-refractivity contribution < 1.29 is 4.79 Å². The third kappa shape index (κ3) is 3.36. The molecule has 3 nitrogen and oxygen atoms in total. The Labute approximate surface area is 123 Å². The van der Waals surface area contributed by atoms with Crippen LogP contribution in [0.15, 0.2) is 0 Å². The Morgan fingerprint density at radius 3 is 2.45 bits per heavy atom. The molecule has 1 heterocycles. The molecular weight excluding hydrogens is 248 g/mol. The summed E-state index contributed by atoms with van der Waals surface area (Å²) in [6.07, 6.45) is 11.2. The number of amides is 1. The summed E-state index contributed by atoms with van der Waals surface area (Å²) in [4.78, 5) is 15.3. The van der Waals surface area contributed by atoms with Crippen molar-refractivity contribution in [2.45, 2.75) is 70.8 Å². The Morgan fingerprint density at radius 2 is 1.85 bits per heavy atom. The molecule has 1 unspecified atom stereocenters. The lowest BCUT2D eigenvalue weighted by atomic mass is 9.74. The van der Waals surface area contributed by atoms with Gasteiger partial charge >= 0.3 is 0 Å². The van der Waals surface area contributed by atoms with Crippen molar-refractivity contribution in [3.63, 3.8) is 0 Å². The zero-order valence-corrected chi connectivity index (χ0v) is 13.0. The number of nitrogens with one attached hydrogen (secondary N) is 1. The smallest absolute Gasteiger partial charge is 0.228 e. The first-order chi connectivity index (χ1) is 9.67. The molecule has 2 aliphatic carbocycles. The Bertz CT molecular complexity index is 339. The molecule has 1 amide bonds. The average Bonchev–Trinajstić information content (AvgIpc) is 3.12. The second-order valence-electron chi connectivity index (χ2n) is 7.57. The third-order valence-corrected chi connectivity index (χ3v) is 5.54. The molecule has 1 atom stereocenters. The van der Waals surface area contributed by atoms with E-state index >= 15 is 0 Å². The van der Waals surface area contributed by atoms with Crippen molar-refractivity contribution in [2.24, 2.45) is 11.3 Å². The van der Waals surface area contributed by atoms with E-state index in [1.54, 1.807) is 0 Å². The van der Waals surface area contributed by atoms with Gasteiger partial charge < -0.3 is 10.2 Å². The Hall–Kier alpha value is -0.570. The molecule has 0 spiro atoms. The van der Waals surface area contributed by atoms with Gasteiger partial charge in [0.15, 0.2) is 0 Å². The van der Waals surface area contributed by atoms with Gasteiger partial charge in [0.05, 0.1) is 0 Å². The van der Waals surface area contributed by atoms with Crippen molar-refractivity contribution in [1.82, 2.24) is 10.2 Å². The van der Waals surface area contributed by atoms with Crippen LogP contribution in [0.5, 0.6) is 0 Å². The van der Waals surface area contributed by atoms with Crippen molar-refractivity contribution in [1.29, 1.82) is 0 Å². The van der Waals surface area contributed by atoms with E-state index in [0.717, 1.165) is 38.4 Å². The molecule has 3 aliphatic rings. The molecule has 0 aromatic carbocycles. The van der Waals surface area contributed by atoms with Gasteiger partial charge in [-0.15, -0.1) is 0 Å². The molecule has 1 aliphatic heterocycles. The number of carbonyl (C=O) groups excluding carboxylic acids is 1. The highest BCUT2D eigenvalue weighted by Crippen LogP contribution is 2.39. The largest absolute Gasteiger partial charge is 0.340 e. The van der Waals surface area contributed by atoms with Crippen molar-refractivity contribution in [2.75, 3.05) is 19.6 Å². The SMILES string of the molecule is CC1(C(=O)N(CC2CC2)CC2CCCN2)CCCCC1. The van der Waals surface area contributed by atoms with Crippen molar-refractivity contribution in [3.8, 4) is 0 Å². The highest BCUT2D eigenvalue weighted by Gasteiger charge is 2.39. The van der Waals surface area contributed by atoms with Crippen LogP contribution in [0, 0.1) is 11.3 Å².